The second-order valence-electron chi connectivity index (χ2n) is 7.47. The molecule has 0 aliphatic carbocycles. The van der Waals surface area contributed by atoms with Gasteiger partial charge >= 0.3 is 0 Å². The van der Waals surface area contributed by atoms with E-state index in [0.717, 1.165) is 11.3 Å². The average Bonchev–Trinajstić information content (AvgIpc) is 2.72. The lowest BCUT2D eigenvalue weighted by Gasteiger charge is -2.33. The van der Waals surface area contributed by atoms with Crippen LogP contribution >= 0.6 is 0 Å². The Balaban J connectivity index is 1.43. The van der Waals surface area contributed by atoms with E-state index in [9.17, 15) is 4.79 Å². The maximum absolute atomic E-state index is 12.3. The lowest BCUT2D eigenvalue weighted by Crippen LogP contribution is -2.50. The number of carbonyl (C=O) groups excluding carboxylic acids is 1. The number of amides is 1. The third-order valence-electron chi connectivity index (χ3n) is 5.38. The van der Waals surface area contributed by atoms with Crippen molar-refractivity contribution < 1.29 is 9.53 Å². The minimum Gasteiger partial charge on any atom is -0.365 e. The predicted molar refractivity (Wildman–Crippen MR) is 114 cm³/mol. The molecule has 1 heterocycles. The Hall–Kier alpha value is -2.69. The lowest BCUT2D eigenvalue weighted by atomic mass is 9.99. The highest BCUT2D eigenvalue weighted by Crippen LogP contribution is 2.24. The Labute approximate surface area is 166 Å². The summed E-state index contributed by atoms with van der Waals surface area (Å²) in [5, 5.41) is 6.11. The molecule has 1 aliphatic rings. The van der Waals surface area contributed by atoms with E-state index in [-0.39, 0.29) is 24.7 Å². The van der Waals surface area contributed by atoms with Gasteiger partial charge in [0, 0.05) is 18.3 Å². The molecule has 1 N–H and O–H groups in total. The van der Waals surface area contributed by atoms with Crippen LogP contribution in [-0.2, 0) is 9.53 Å². The van der Waals surface area contributed by atoms with Crippen LogP contribution in [0.3, 0.4) is 0 Å². The molecule has 0 aromatic heterocycles. The van der Waals surface area contributed by atoms with E-state index in [1.165, 1.54) is 16.3 Å². The van der Waals surface area contributed by atoms with Crippen molar-refractivity contribution in [2.45, 2.75) is 26.0 Å². The molecule has 0 radical (unpaired) electrons. The number of anilines is 1. The molecule has 0 spiro atoms. The summed E-state index contributed by atoms with van der Waals surface area (Å²) < 4.78 is 5.79. The van der Waals surface area contributed by atoms with Crippen LogP contribution in [0.2, 0.25) is 0 Å². The van der Waals surface area contributed by atoms with Crippen LogP contribution in [0.5, 0.6) is 0 Å². The maximum Gasteiger partial charge on any atom is 0.253 e. The number of benzene rings is 3. The van der Waals surface area contributed by atoms with Crippen molar-refractivity contribution in [3.05, 3.63) is 77.9 Å². The Morgan fingerprint density at radius 3 is 2.75 bits per heavy atom. The second-order valence-corrected chi connectivity index (χ2v) is 7.47. The zero-order valence-corrected chi connectivity index (χ0v) is 16.4. The standard InChI is InChI=1S/C24H26N2O2/c1-17-7-5-10-20(13-17)26-15-21(28-16-24(26)27)14-25-18(2)22-12-6-9-19-8-3-4-11-23(19)22/h3-13,18,21,25H,14-16H2,1-2H3/t18-,21?/m1/s1. The van der Waals surface area contributed by atoms with Gasteiger partial charge in [0.2, 0.25) is 0 Å². The fraction of sp³-hybridized carbons (Fsp3) is 0.292. The summed E-state index contributed by atoms with van der Waals surface area (Å²) >= 11 is 0. The molecular weight excluding hydrogens is 348 g/mol. The highest BCUT2D eigenvalue weighted by molar-refractivity contribution is 5.95. The fourth-order valence-electron chi connectivity index (χ4n) is 3.84. The van der Waals surface area contributed by atoms with Gasteiger partial charge in [-0.2, -0.15) is 0 Å². The third kappa shape index (κ3) is 3.93. The Morgan fingerprint density at radius 1 is 1.11 bits per heavy atom. The number of rotatable bonds is 5. The Morgan fingerprint density at radius 2 is 1.89 bits per heavy atom. The summed E-state index contributed by atoms with van der Waals surface area (Å²) in [6, 6.07) is 23.1. The molecule has 1 fully saturated rings. The van der Waals surface area contributed by atoms with Gasteiger partial charge in [-0.1, -0.05) is 54.6 Å². The molecule has 144 valence electrons. The van der Waals surface area contributed by atoms with Crippen molar-refractivity contribution in [3.8, 4) is 0 Å². The van der Waals surface area contributed by atoms with Gasteiger partial charge in [-0.05, 0) is 47.9 Å². The van der Waals surface area contributed by atoms with Gasteiger partial charge in [0.1, 0.15) is 6.61 Å². The van der Waals surface area contributed by atoms with Crippen molar-refractivity contribution in [2.24, 2.45) is 0 Å². The minimum atomic E-state index is -0.0318. The van der Waals surface area contributed by atoms with E-state index < -0.39 is 0 Å². The molecule has 4 heteroatoms. The fourth-order valence-corrected chi connectivity index (χ4v) is 3.84. The Kier molecular flexibility index (Phi) is 5.42. The van der Waals surface area contributed by atoms with E-state index in [2.05, 4.69) is 54.7 Å². The van der Waals surface area contributed by atoms with Gasteiger partial charge in [-0.25, -0.2) is 0 Å². The molecule has 0 saturated carbocycles. The van der Waals surface area contributed by atoms with Crippen LogP contribution in [-0.4, -0.2) is 31.7 Å². The monoisotopic (exact) mass is 374 g/mol. The van der Waals surface area contributed by atoms with E-state index in [1.807, 2.05) is 36.1 Å². The molecule has 0 bridgehead atoms. The van der Waals surface area contributed by atoms with Gasteiger partial charge in [-0.3, -0.25) is 4.79 Å². The summed E-state index contributed by atoms with van der Waals surface area (Å²) in [4.78, 5) is 14.2. The first kappa shape index (κ1) is 18.7. The normalized spacial score (nSPS) is 18.4. The molecule has 2 atom stereocenters. The topological polar surface area (TPSA) is 41.6 Å². The first-order chi connectivity index (χ1) is 13.6. The summed E-state index contributed by atoms with van der Waals surface area (Å²) in [7, 11) is 0. The van der Waals surface area contributed by atoms with Gasteiger partial charge < -0.3 is 15.0 Å². The summed E-state index contributed by atoms with van der Waals surface area (Å²) in [6.45, 7) is 5.61. The van der Waals surface area contributed by atoms with E-state index in [4.69, 9.17) is 4.74 Å². The van der Waals surface area contributed by atoms with Crippen LogP contribution in [0.15, 0.2) is 66.7 Å². The van der Waals surface area contributed by atoms with Crippen LogP contribution < -0.4 is 10.2 Å². The number of hydrogen-bond donors (Lipinski definition) is 1. The van der Waals surface area contributed by atoms with E-state index in [0.29, 0.717) is 13.1 Å². The molecule has 1 unspecified atom stereocenters. The number of aryl methyl sites for hydroxylation is 1. The quantitative estimate of drug-likeness (QED) is 0.727. The molecule has 4 nitrogen and oxygen atoms in total. The minimum absolute atomic E-state index is 0.0175. The number of carbonyl (C=O) groups is 1. The van der Waals surface area contributed by atoms with Crippen LogP contribution in [0, 0.1) is 6.92 Å². The van der Waals surface area contributed by atoms with Gasteiger partial charge in [0.15, 0.2) is 0 Å². The first-order valence-corrected chi connectivity index (χ1v) is 9.81. The van der Waals surface area contributed by atoms with E-state index in [1.54, 1.807) is 0 Å². The molecule has 1 amide bonds. The number of fused-ring (bicyclic) bond motifs is 1. The first-order valence-electron chi connectivity index (χ1n) is 9.81. The van der Waals surface area contributed by atoms with Crippen molar-refractivity contribution in [3.63, 3.8) is 0 Å². The van der Waals surface area contributed by atoms with Gasteiger partial charge in [-0.15, -0.1) is 0 Å². The molecule has 3 aromatic rings. The van der Waals surface area contributed by atoms with Crippen molar-refractivity contribution in [2.75, 3.05) is 24.6 Å². The van der Waals surface area contributed by atoms with Crippen LogP contribution in [0.4, 0.5) is 5.69 Å². The summed E-state index contributed by atoms with van der Waals surface area (Å²) in [5.41, 5.74) is 3.37. The highest BCUT2D eigenvalue weighted by atomic mass is 16.5. The summed E-state index contributed by atoms with van der Waals surface area (Å²) in [6.07, 6.45) is -0.0318. The third-order valence-corrected chi connectivity index (χ3v) is 5.38. The van der Waals surface area contributed by atoms with Gasteiger partial charge in [0.25, 0.3) is 5.91 Å². The number of nitrogens with one attached hydrogen (secondary N) is 1. The van der Waals surface area contributed by atoms with Crippen LogP contribution in [0.1, 0.15) is 24.1 Å². The molecule has 28 heavy (non-hydrogen) atoms. The Bertz CT molecular complexity index is 980. The van der Waals surface area contributed by atoms with Crippen LogP contribution in [0.25, 0.3) is 10.8 Å². The molecule has 1 saturated heterocycles. The summed E-state index contributed by atoms with van der Waals surface area (Å²) in [5.74, 6) is 0.0175. The predicted octanol–water partition coefficient (Wildman–Crippen LogP) is 4.23. The number of morpholine rings is 1. The lowest BCUT2D eigenvalue weighted by molar-refractivity contribution is -0.129. The maximum atomic E-state index is 12.3. The zero-order chi connectivity index (χ0) is 19.5. The molecule has 1 aliphatic heterocycles. The van der Waals surface area contributed by atoms with Crippen molar-refractivity contribution in [1.82, 2.24) is 5.32 Å². The SMILES string of the molecule is Cc1cccc(N2CC(CN[C@H](C)c3cccc4ccccc34)OCC2=O)c1. The zero-order valence-electron chi connectivity index (χ0n) is 16.4. The average molecular weight is 374 g/mol. The molecule has 3 aromatic carbocycles. The number of hydrogen-bond acceptors (Lipinski definition) is 3. The molecule has 4 rings (SSSR count). The second kappa shape index (κ2) is 8.13. The van der Waals surface area contributed by atoms with Crippen molar-refractivity contribution >= 4 is 22.4 Å². The van der Waals surface area contributed by atoms with Gasteiger partial charge in [0.05, 0.1) is 12.6 Å². The number of ether oxygens (including phenoxy) is 1. The molecular formula is C24H26N2O2. The van der Waals surface area contributed by atoms with Crippen molar-refractivity contribution in [1.29, 1.82) is 0 Å². The highest BCUT2D eigenvalue weighted by Gasteiger charge is 2.27. The largest absolute Gasteiger partial charge is 0.365 e. The van der Waals surface area contributed by atoms with E-state index >= 15 is 0 Å². The number of nitrogens with zero attached hydrogens (tertiary/aromatic N) is 1. The smallest absolute Gasteiger partial charge is 0.253 e.